The Morgan fingerprint density at radius 3 is 2.94 bits per heavy atom. The summed E-state index contributed by atoms with van der Waals surface area (Å²) in [6, 6.07) is 0.0207. The number of rotatable bonds is 7. The van der Waals surface area contributed by atoms with Crippen LogP contribution >= 0.6 is 0 Å². The molecule has 5 nitrogen and oxygen atoms in total. The SMILES string of the molecule is CCCn1ncnc1CC(N)C(OC)C1CC1. The quantitative estimate of drug-likeness (QED) is 0.769. The van der Waals surface area contributed by atoms with Crippen molar-refractivity contribution in [2.75, 3.05) is 7.11 Å². The second kappa shape index (κ2) is 5.60. The van der Waals surface area contributed by atoms with Crippen LogP contribution < -0.4 is 5.73 Å². The van der Waals surface area contributed by atoms with E-state index in [1.807, 2.05) is 4.68 Å². The van der Waals surface area contributed by atoms with E-state index in [0.717, 1.165) is 25.2 Å². The van der Waals surface area contributed by atoms with Crippen LogP contribution in [0.3, 0.4) is 0 Å². The molecule has 1 aliphatic carbocycles. The lowest BCUT2D eigenvalue weighted by molar-refractivity contribution is 0.0618. The van der Waals surface area contributed by atoms with Crippen LogP contribution in [0.15, 0.2) is 6.33 Å². The van der Waals surface area contributed by atoms with Crippen LogP contribution in [0.4, 0.5) is 0 Å². The molecule has 0 aromatic carbocycles. The predicted molar refractivity (Wildman–Crippen MR) is 65.5 cm³/mol. The average Bonchev–Trinajstić information content (AvgIpc) is 3.04. The Balaban J connectivity index is 1.96. The highest BCUT2D eigenvalue weighted by Gasteiger charge is 2.35. The summed E-state index contributed by atoms with van der Waals surface area (Å²) in [5.74, 6) is 1.62. The Hall–Kier alpha value is -0.940. The standard InChI is InChI=1S/C12H22N4O/c1-3-6-16-11(14-8-15-16)7-10(13)12(17-2)9-4-5-9/h8-10,12H,3-7,13H2,1-2H3. The number of hydrogen-bond acceptors (Lipinski definition) is 4. The molecule has 0 radical (unpaired) electrons. The second-order valence-electron chi connectivity index (χ2n) is 4.81. The van der Waals surface area contributed by atoms with E-state index >= 15 is 0 Å². The molecule has 5 heteroatoms. The maximum Gasteiger partial charge on any atom is 0.138 e. The Morgan fingerprint density at radius 2 is 2.35 bits per heavy atom. The topological polar surface area (TPSA) is 66.0 Å². The van der Waals surface area contributed by atoms with Crippen LogP contribution in [-0.4, -0.2) is 34.0 Å². The van der Waals surface area contributed by atoms with Crippen molar-refractivity contribution in [3.8, 4) is 0 Å². The van der Waals surface area contributed by atoms with Crippen LogP contribution in [0.25, 0.3) is 0 Å². The molecule has 1 aromatic heterocycles. The zero-order valence-corrected chi connectivity index (χ0v) is 10.7. The average molecular weight is 238 g/mol. The van der Waals surface area contributed by atoms with Crippen LogP contribution in [0.1, 0.15) is 32.0 Å². The fraction of sp³-hybridized carbons (Fsp3) is 0.833. The van der Waals surface area contributed by atoms with Gasteiger partial charge in [0.15, 0.2) is 0 Å². The van der Waals surface area contributed by atoms with Crippen molar-refractivity contribution in [1.29, 1.82) is 0 Å². The van der Waals surface area contributed by atoms with Gasteiger partial charge in [-0.2, -0.15) is 5.10 Å². The largest absolute Gasteiger partial charge is 0.380 e. The molecule has 0 spiro atoms. The van der Waals surface area contributed by atoms with Crippen molar-refractivity contribution in [2.24, 2.45) is 11.7 Å². The summed E-state index contributed by atoms with van der Waals surface area (Å²) in [6.45, 7) is 3.04. The lowest BCUT2D eigenvalue weighted by atomic mass is 10.0. The second-order valence-corrected chi connectivity index (χ2v) is 4.81. The first-order valence-corrected chi connectivity index (χ1v) is 6.41. The minimum Gasteiger partial charge on any atom is -0.380 e. The van der Waals surface area contributed by atoms with Crippen LogP contribution in [-0.2, 0) is 17.7 Å². The molecule has 0 bridgehead atoms. The Labute approximate surface area is 102 Å². The third-order valence-electron chi connectivity index (χ3n) is 3.33. The van der Waals surface area contributed by atoms with Crippen LogP contribution in [0, 0.1) is 5.92 Å². The fourth-order valence-corrected chi connectivity index (χ4v) is 2.31. The number of hydrogen-bond donors (Lipinski definition) is 1. The molecule has 2 N–H and O–H groups in total. The molecule has 0 amide bonds. The molecule has 1 saturated carbocycles. The zero-order valence-electron chi connectivity index (χ0n) is 10.7. The summed E-state index contributed by atoms with van der Waals surface area (Å²) in [6.07, 6.45) is 6.07. The highest BCUT2D eigenvalue weighted by molar-refractivity contribution is 4.96. The minimum absolute atomic E-state index is 0.0207. The first-order chi connectivity index (χ1) is 8.26. The van der Waals surface area contributed by atoms with Crippen molar-refractivity contribution >= 4 is 0 Å². The molecule has 1 aliphatic rings. The lowest BCUT2D eigenvalue weighted by Crippen LogP contribution is -2.40. The van der Waals surface area contributed by atoms with E-state index in [1.54, 1.807) is 13.4 Å². The van der Waals surface area contributed by atoms with Crippen LogP contribution in [0.5, 0.6) is 0 Å². The first kappa shape index (κ1) is 12.5. The van der Waals surface area contributed by atoms with E-state index in [9.17, 15) is 0 Å². The van der Waals surface area contributed by atoms with Gasteiger partial charge in [-0.3, -0.25) is 4.68 Å². The zero-order chi connectivity index (χ0) is 12.3. The third kappa shape index (κ3) is 3.04. The molecule has 1 heterocycles. The van der Waals surface area contributed by atoms with Gasteiger partial charge < -0.3 is 10.5 Å². The summed E-state index contributed by atoms with van der Waals surface area (Å²) in [5, 5.41) is 4.21. The summed E-state index contributed by atoms with van der Waals surface area (Å²) >= 11 is 0. The molecular formula is C12H22N4O. The molecule has 2 atom stereocenters. The number of aromatic nitrogens is 3. The summed E-state index contributed by atoms with van der Waals surface area (Å²) in [5.41, 5.74) is 6.22. The van der Waals surface area contributed by atoms with E-state index in [2.05, 4.69) is 17.0 Å². The van der Waals surface area contributed by atoms with E-state index in [1.165, 1.54) is 12.8 Å². The van der Waals surface area contributed by atoms with Crippen molar-refractivity contribution < 1.29 is 4.74 Å². The fourth-order valence-electron chi connectivity index (χ4n) is 2.31. The normalized spacial score (nSPS) is 19.2. The summed E-state index contributed by atoms with van der Waals surface area (Å²) in [4.78, 5) is 4.29. The van der Waals surface area contributed by atoms with Crippen molar-refractivity contribution in [3.05, 3.63) is 12.2 Å². The molecule has 96 valence electrons. The lowest BCUT2D eigenvalue weighted by Gasteiger charge is -2.22. The number of nitrogens with zero attached hydrogens (tertiary/aromatic N) is 3. The third-order valence-corrected chi connectivity index (χ3v) is 3.33. The molecule has 1 fully saturated rings. The highest BCUT2D eigenvalue weighted by atomic mass is 16.5. The van der Waals surface area contributed by atoms with Crippen molar-refractivity contribution in [1.82, 2.24) is 14.8 Å². The van der Waals surface area contributed by atoms with Gasteiger partial charge in [-0.05, 0) is 25.2 Å². The van der Waals surface area contributed by atoms with Gasteiger partial charge in [-0.15, -0.1) is 0 Å². The summed E-state index contributed by atoms with van der Waals surface area (Å²) in [7, 11) is 1.75. The van der Waals surface area contributed by atoms with Gasteiger partial charge in [0.2, 0.25) is 0 Å². The molecule has 17 heavy (non-hydrogen) atoms. The van der Waals surface area contributed by atoms with E-state index in [4.69, 9.17) is 10.5 Å². The van der Waals surface area contributed by atoms with Gasteiger partial charge in [0.05, 0.1) is 6.10 Å². The first-order valence-electron chi connectivity index (χ1n) is 6.41. The van der Waals surface area contributed by atoms with Gasteiger partial charge in [-0.1, -0.05) is 6.92 Å². The maximum atomic E-state index is 6.22. The smallest absolute Gasteiger partial charge is 0.138 e. The molecule has 0 saturated heterocycles. The minimum atomic E-state index is 0.0207. The molecular weight excluding hydrogens is 216 g/mol. The van der Waals surface area contributed by atoms with Gasteiger partial charge >= 0.3 is 0 Å². The number of aryl methyl sites for hydroxylation is 1. The monoisotopic (exact) mass is 238 g/mol. The number of ether oxygens (including phenoxy) is 1. The highest BCUT2D eigenvalue weighted by Crippen LogP contribution is 2.35. The van der Waals surface area contributed by atoms with Crippen molar-refractivity contribution in [2.45, 2.75) is 51.3 Å². The van der Waals surface area contributed by atoms with E-state index in [-0.39, 0.29) is 12.1 Å². The Bertz CT molecular complexity index is 348. The molecule has 1 aromatic rings. The maximum absolute atomic E-state index is 6.22. The van der Waals surface area contributed by atoms with E-state index in [0.29, 0.717) is 5.92 Å². The number of nitrogens with two attached hydrogens (primary N) is 1. The molecule has 2 unspecified atom stereocenters. The van der Waals surface area contributed by atoms with Crippen molar-refractivity contribution in [3.63, 3.8) is 0 Å². The number of methoxy groups -OCH3 is 1. The Kier molecular flexibility index (Phi) is 4.12. The Morgan fingerprint density at radius 1 is 1.59 bits per heavy atom. The van der Waals surface area contributed by atoms with E-state index < -0.39 is 0 Å². The predicted octanol–water partition coefficient (Wildman–Crippen LogP) is 0.983. The molecule has 0 aliphatic heterocycles. The van der Waals surface area contributed by atoms with Gasteiger partial charge in [-0.25, -0.2) is 4.98 Å². The van der Waals surface area contributed by atoms with Crippen LogP contribution in [0.2, 0.25) is 0 Å². The van der Waals surface area contributed by atoms with Gasteiger partial charge in [0, 0.05) is 26.1 Å². The molecule has 2 rings (SSSR count). The van der Waals surface area contributed by atoms with Gasteiger partial charge in [0.1, 0.15) is 12.2 Å². The van der Waals surface area contributed by atoms with Gasteiger partial charge in [0.25, 0.3) is 0 Å². The summed E-state index contributed by atoms with van der Waals surface area (Å²) < 4.78 is 7.45.